The summed E-state index contributed by atoms with van der Waals surface area (Å²) in [6.45, 7) is 6.47. The molecule has 3 aromatic rings. The highest BCUT2D eigenvalue weighted by atomic mass is 16.5. The molecule has 0 saturated carbocycles. The minimum absolute atomic E-state index is 0.443. The zero-order valence-corrected chi connectivity index (χ0v) is 14.6. The van der Waals surface area contributed by atoms with Crippen molar-refractivity contribution in [2.24, 2.45) is 0 Å². The summed E-state index contributed by atoms with van der Waals surface area (Å²) in [5, 5.41) is 10.9. The van der Waals surface area contributed by atoms with Gasteiger partial charge in [-0.25, -0.2) is 4.98 Å². The number of fused-ring (bicyclic) bond motifs is 3. The number of aryl methyl sites for hydroxylation is 2. The molecule has 1 aliphatic heterocycles. The molecule has 0 spiro atoms. The second-order valence-corrected chi connectivity index (χ2v) is 6.39. The molecule has 0 saturated heterocycles. The molecule has 0 aliphatic carbocycles. The average Bonchev–Trinajstić information content (AvgIpc) is 2.92. The van der Waals surface area contributed by atoms with Crippen LogP contribution in [0.25, 0.3) is 5.65 Å². The van der Waals surface area contributed by atoms with E-state index in [9.17, 15) is 5.11 Å². The van der Waals surface area contributed by atoms with Crippen molar-refractivity contribution in [1.29, 1.82) is 0 Å². The molecule has 25 heavy (non-hydrogen) atoms. The number of aliphatic hydroxyl groups excluding tert-OH is 1. The fourth-order valence-corrected chi connectivity index (χ4v) is 3.49. The van der Waals surface area contributed by atoms with Gasteiger partial charge in [0.25, 0.3) is 0 Å². The Labute approximate surface area is 146 Å². The number of benzene rings is 1. The van der Waals surface area contributed by atoms with Gasteiger partial charge in [0.2, 0.25) is 0 Å². The van der Waals surface area contributed by atoms with E-state index in [-0.39, 0.29) is 0 Å². The Morgan fingerprint density at radius 1 is 1.20 bits per heavy atom. The predicted molar refractivity (Wildman–Crippen MR) is 94.9 cm³/mol. The van der Waals surface area contributed by atoms with Crippen LogP contribution in [0, 0.1) is 13.8 Å². The Balaban J connectivity index is 1.90. The van der Waals surface area contributed by atoms with E-state index in [1.165, 1.54) is 0 Å². The lowest BCUT2D eigenvalue weighted by Crippen LogP contribution is -2.36. The summed E-state index contributed by atoms with van der Waals surface area (Å²) in [6, 6.07) is 11.7. The highest BCUT2D eigenvalue weighted by Crippen LogP contribution is 2.44. The van der Waals surface area contributed by atoms with E-state index in [1.54, 1.807) is 0 Å². The summed E-state index contributed by atoms with van der Waals surface area (Å²) in [5.41, 5.74) is 4.58. The van der Waals surface area contributed by atoms with Gasteiger partial charge in [0.05, 0.1) is 5.69 Å². The summed E-state index contributed by atoms with van der Waals surface area (Å²) in [6.07, 6.45) is 0.249. The van der Waals surface area contributed by atoms with Crippen LogP contribution in [0.1, 0.15) is 41.6 Å². The summed E-state index contributed by atoms with van der Waals surface area (Å²) >= 11 is 0. The van der Waals surface area contributed by atoms with Crippen LogP contribution in [0.2, 0.25) is 0 Å². The first-order valence-electron chi connectivity index (χ1n) is 8.61. The molecule has 4 rings (SSSR count). The number of imidazole rings is 1. The SMILES string of the molecule is CCO[C@@H]1c2ccn3c(C)c(C)nc3c2O[C@H](c2ccccc2)[C@@H]1O. The van der Waals surface area contributed by atoms with Gasteiger partial charge in [0.1, 0.15) is 12.2 Å². The van der Waals surface area contributed by atoms with Crippen LogP contribution in [0.4, 0.5) is 0 Å². The predicted octanol–water partition coefficient (Wildman–Crippen LogP) is 3.52. The average molecular weight is 338 g/mol. The van der Waals surface area contributed by atoms with Gasteiger partial charge < -0.3 is 19.0 Å². The molecule has 2 aromatic heterocycles. The second-order valence-electron chi connectivity index (χ2n) is 6.39. The molecule has 1 aliphatic rings. The zero-order valence-electron chi connectivity index (χ0n) is 14.6. The first-order valence-corrected chi connectivity index (χ1v) is 8.61. The number of nitrogens with zero attached hydrogens (tertiary/aromatic N) is 2. The van der Waals surface area contributed by atoms with E-state index >= 15 is 0 Å². The van der Waals surface area contributed by atoms with Crippen LogP contribution < -0.4 is 4.74 Å². The van der Waals surface area contributed by atoms with Gasteiger partial charge in [-0.3, -0.25) is 0 Å². The largest absolute Gasteiger partial charge is 0.479 e. The monoisotopic (exact) mass is 338 g/mol. The van der Waals surface area contributed by atoms with Gasteiger partial charge in [-0.1, -0.05) is 30.3 Å². The number of hydrogen-bond donors (Lipinski definition) is 1. The molecule has 0 amide bonds. The zero-order chi connectivity index (χ0) is 17.6. The fraction of sp³-hybridized carbons (Fsp3) is 0.350. The molecule has 1 aromatic carbocycles. The fourth-order valence-electron chi connectivity index (χ4n) is 3.49. The van der Waals surface area contributed by atoms with Gasteiger partial charge >= 0.3 is 0 Å². The third-order valence-electron chi connectivity index (χ3n) is 4.90. The molecule has 0 fully saturated rings. The van der Waals surface area contributed by atoms with E-state index < -0.39 is 18.3 Å². The van der Waals surface area contributed by atoms with Crippen molar-refractivity contribution >= 4 is 5.65 Å². The van der Waals surface area contributed by atoms with Gasteiger partial charge in [-0.2, -0.15) is 0 Å². The van der Waals surface area contributed by atoms with E-state index in [0.29, 0.717) is 12.4 Å². The van der Waals surface area contributed by atoms with E-state index in [2.05, 4.69) is 4.98 Å². The number of hydrogen-bond acceptors (Lipinski definition) is 4. The minimum atomic E-state index is -0.783. The standard InChI is InChI=1S/C20H22N2O3/c1-4-24-18-15-10-11-22-13(3)12(2)21-20(22)19(15)25-17(16(18)23)14-8-6-5-7-9-14/h5-11,16-18,23H,4H2,1-3H3/t16-,17+,18+/m0/s1. The molecule has 0 bridgehead atoms. The first kappa shape index (κ1) is 16.1. The molecule has 1 N–H and O–H groups in total. The lowest BCUT2D eigenvalue weighted by atomic mass is 9.92. The van der Waals surface area contributed by atoms with Crippen molar-refractivity contribution in [2.75, 3.05) is 6.61 Å². The van der Waals surface area contributed by atoms with Crippen LogP contribution in [0.3, 0.4) is 0 Å². The first-order chi connectivity index (χ1) is 12.1. The van der Waals surface area contributed by atoms with E-state index in [0.717, 1.165) is 28.2 Å². The highest BCUT2D eigenvalue weighted by Gasteiger charge is 2.40. The summed E-state index contributed by atoms with van der Waals surface area (Å²) < 4.78 is 14.2. The van der Waals surface area contributed by atoms with Crippen LogP contribution in [0.15, 0.2) is 42.6 Å². The molecule has 3 atom stereocenters. The van der Waals surface area contributed by atoms with Crippen molar-refractivity contribution in [3.8, 4) is 5.75 Å². The van der Waals surface area contributed by atoms with Crippen LogP contribution in [-0.4, -0.2) is 27.2 Å². The van der Waals surface area contributed by atoms with Gasteiger partial charge in [0.15, 0.2) is 17.5 Å². The number of aliphatic hydroxyl groups is 1. The van der Waals surface area contributed by atoms with Crippen molar-refractivity contribution < 1.29 is 14.6 Å². The summed E-state index contributed by atoms with van der Waals surface area (Å²) in [4.78, 5) is 4.67. The normalized spacial score (nSPS) is 22.6. The summed E-state index contributed by atoms with van der Waals surface area (Å²) in [7, 11) is 0. The Bertz CT molecular complexity index is 904. The second kappa shape index (κ2) is 6.17. The topological polar surface area (TPSA) is 56.0 Å². The molecule has 3 heterocycles. The lowest BCUT2D eigenvalue weighted by Gasteiger charge is -2.36. The van der Waals surface area contributed by atoms with Crippen molar-refractivity contribution in [2.45, 2.75) is 39.1 Å². The van der Waals surface area contributed by atoms with Crippen LogP contribution in [-0.2, 0) is 4.74 Å². The molecule has 5 heteroatoms. The van der Waals surface area contributed by atoms with Crippen molar-refractivity contribution in [3.63, 3.8) is 0 Å². The third kappa shape index (κ3) is 2.51. The number of ether oxygens (including phenoxy) is 2. The molecule has 130 valence electrons. The molecule has 0 radical (unpaired) electrons. The van der Waals surface area contributed by atoms with E-state index in [1.807, 2.05) is 67.8 Å². The quantitative estimate of drug-likeness (QED) is 0.794. The molecule has 5 nitrogen and oxygen atoms in total. The van der Waals surface area contributed by atoms with Crippen molar-refractivity contribution in [1.82, 2.24) is 9.38 Å². The van der Waals surface area contributed by atoms with E-state index in [4.69, 9.17) is 9.47 Å². The number of pyridine rings is 1. The Morgan fingerprint density at radius 3 is 2.68 bits per heavy atom. The highest BCUT2D eigenvalue weighted by molar-refractivity contribution is 5.62. The van der Waals surface area contributed by atoms with Gasteiger partial charge in [-0.05, 0) is 32.4 Å². The minimum Gasteiger partial charge on any atom is -0.479 e. The molecule has 0 unspecified atom stereocenters. The Morgan fingerprint density at radius 2 is 1.96 bits per heavy atom. The van der Waals surface area contributed by atoms with Crippen LogP contribution >= 0.6 is 0 Å². The molecular weight excluding hydrogens is 316 g/mol. The summed E-state index contributed by atoms with van der Waals surface area (Å²) in [5.74, 6) is 0.691. The maximum atomic E-state index is 10.9. The smallest absolute Gasteiger partial charge is 0.180 e. The maximum absolute atomic E-state index is 10.9. The Kier molecular flexibility index (Phi) is 3.98. The van der Waals surface area contributed by atoms with Crippen molar-refractivity contribution in [3.05, 3.63) is 65.1 Å². The Hall–Kier alpha value is -2.37. The van der Waals surface area contributed by atoms with Gasteiger partial charge in [-0.15, -0.1) is 0 Å². The number of rotatable bonds is 3. The van der Waals surface area contributed by atoms with Crippen LogP contribution in [0.5, 0.6) is 5.75 Å². The molecular formula is C20H22N2O3. The lowest BCUT2D eigenvalue weighted by molar-refractivity contribution is -0.0987. The third-order valence-corrected chi connectivity index (χ3v) is 4.90. The number of aromatic nitrogens is 2. The maximum Gasteiger partial charge on any atom is 0.180 e. The van der Waals surface area contributed by atoms with Gasteiger partial charge in [0, 0.05) is 24.1 Å².